The normalized spacial score (nSPS) is 15.7. The highest BCUT2D eigenvalue weighted by Gasteiger charge is 2.17. The molecule has 80 valence electrons. The molecule has 1 fully saturated rings. The number of halogens is 1. The third-order valence-electron chi connectivity index (χ3n) is 2.73. The lowest BCUT2D eigenvalue weighted by Crippen LogP contribution is -2.29. The highest BCUT2D eigenvalue weighted by Crippen LogP contribution is 2.12. The third-order valence-corrected chi connectivity index (χ3v) is 3.45. The van der Waals surface area contributed by atoms with Crippen molar-refractivity contribution in [3.05, 3.63) is 33.4 Å². The molecule has 0 aliphatic carbocycles. The first-order valence-electron chi connectivity index (χ1n) is 5.28. The Bertz CT molecular complexity index is 341. The van der Waals surface area contributed by atoms with Crippen LogP contribution in [-0.4, -0.2) is 23.9 Å². The Hall–Kier alpha value is -0.580. The summed E-state index contributed by atoms with van der Waals surface area (Å²) in [4.78, 5) is 13.8. The van der Waals surface area contributed by atoms with Crippen LogP contribution < -0.4 is 0 Å². The monoisotopic (exact) mass is 315 g/mol. The minimum atomic E-state index is 0.272. The fraction of sp³-hybridized carbons (Fsp3) is 0.417. The third kappa shape index (κ3) is 2.93. The Labute approximate surface area is 104 Å². The summed E-state index contributed by atoms with van der Waals surface area (Å²) >= 11 is 2.27. The molecule has 1 amide bonds. The highest BCUT2D eigenvalue weighted by atomic mass is 127. The zero-order chi connectivity index (χ0) is 10.7. The molecule has 0 saturated carbocycles. The zero-order valence-corrected chi connectivity index (χ0v) is 10.7. The molecule has 1 saturated heterocycles. The van der Waals surface area contributed by atoms with Crippen molar-refractivity contribution in [1.29, 1.82) is 0 Å². The number of amides is 1. The minimum absolute atomic E-state index is 0.272. The summed E-state index contributed by atoms with van der Waals surface area (Å²) in [7, 11) is 0. The largest absolute Gasteiger partial charge is 0.342 e. The molecule has 0 aromatic heterocycles. The molecule has 0 unspecified atom stereocenters. The topological polar surface area (TPSA) is 20.3 Å². The molecule has 1 aromatic rings. The second kappa shape index (κ2) is 4.96. The lowest BCUT2D eigenvalue weighted by atomic mass is 10.1. The lowest BCUT2D eigenvalue weighted by molar-refractivity contribution is -0.129. The van der Waals surface area contributed by atoms with Crippen molar-refractivity contribution in [2.24, 2.45) is 0 Å². The van der Waals surface area contributed by atoms with E-state index in [1.807, 2.05) is 29.2 Å². The average Bonchev–Trinajstić information content (AvgIpc) is 2.74. The van der Waals surface area contributed by atoms with Crippen LogP contribution in [0.5, 0.6) is 0 Å². The lowest BCUT2D eigenvalue weighted by Gasteiger charge is -2.14. The van der Waals surface area contributed by atoms with Gasteiger partial charge in [-0.1, -0.05) is 12.1 Å². The summed E-state index contributed by atoms with van der Waals surface area (Å²) in [5.41, 5.74) is 1.12. The van der Waals surface area contributed by atoms with Crippen molar-refractivity contribution in [3.8, 4) is 0 Å². The van der Waals surface area contributed by atoms with E-state index >= 15 is 0 Å². The highest BCUT2D eigenvalue weighted by molar-refractivity contribution is 14.1. The van der Waals surface area contributed by atoms with Crippen LogP contribution in [-0.2, 0) is 11.2 Å². The van der Waals surface area contributed by atoms with Crippen molar-refractivity contribution in [2.75, 3.05) is 13.1 Å². The van der Waals surface area contributed by atoms with Crippen LogP contribution in [0.25, 0.3) is 0 Å². The predicted molar refractivity (Wildman–Crippen MR) is 68.7 cm³/mol. The molecule has 0 atom stereocenters. The first kappa shape index (κ1) is 10.9. The Morgan fingerprint density at radius 1 is 1.20 bits per heavy atom. The van der Waals surface area contributed by atoms with Crippen molar-refractivity contribution in [1.82, 2.24) is 4.90 Å². The van der Waals surface area contributed by atoms with Gasteiger partial charge in [0.15, 0.2) is 0 Å². The van der Waals surface area contributed by atoms with Gasteiger partial charge in [-0.25, -0.2) is 0 Å². The Morgan fingerprint density at radius 2 is 1.80 bits per heavy atom. The van der Waals surface area contributed by atoms with E-state index in [0.717, 1.165) is 18.7 Å². The maximum absolute atomic E-state index is 11.8. The van der Waals surface area contributed by atoms with Gasteiger partial charge in [-0.2, -0.15) is 0 Å². The van der Waals surface area contributed by atoms with Gasteiger partial charge in [0.2, 0.25) is 5.91 Å². The van der Waals surface area contributed by atoms with Gasteiger partial charge in [0, 0.05) is 16.7 Å². The molecular formula is C12H14INO. The van der Waals surface area contributed by atoms with Crippen molar-refractivity contribution >= 4 is 28.5 Å². The van der Waals surface area contributed by atoms with E-state index in [4.69, 9.17) is 0 Å². The molecule has 0 spiro atoms. The number of carbonyl (C=O) groups is 1. The van der Waals surface area contributed by atoms with Crippen LogP contribution in [0.2, 0.25) is 0 Å². The molecule has 0 radical (unpaired) electrons. The number of hydrogen-bond donors (Lipinski definition) is 0. The SMILES string of the molecule is O=C(Cc1ccc(I)cc1)N1CCCC1. The molecular weight excluding hydrogens is 301 g/mol. The van der Waals surface area contributed by atoms with Crippen LogP contribution in [0, 0.1) is 3.57 Å². The number of benzene rings is 1. The van der Waals surface area contributed by atoms with E-state index in [9.17, 15) is 4.79 Å². The van der Waals surface area contributed by atoms with E-state index in [1.165, 1.54) is 16.4 Å². The van der Waals surface area contributed by atoms with Crippen molar-refractivity contribution in [3.63, 3.8) is 0 Å². The summed E-state index contributed by atoms with van der Waals surface area (Å²) in [5.74, 6) is 0.272. The average molecular weight is 315 g/mol. The molecule has 15 heavy (non-hydrogen) atoms. The van der Waals surface area contributed by atoms with Crippen LogP contribution in [0.1, 0.15) is 18.4 Å². The van der Waals surface area contributed by atoms with E-state index in [1.54, 1.807) is 0 Å². The zero-order valence-electron chi connectivity index (χ0n) is 8.58. The molecule has 1 aliphatic heterocycles. The van der Waals surface area contributed by atoms with Gasteiger partial charge in [0.05, 0.1) is 6.42 Å². The molecule has 2 nitrogen and oxygen atoms in total. The van der Waals surface area contributed by atoms with E-state index in [0.29, 0.717) is 6.42 Å². The Kier molecular flexibility index (Phi) is 3.61. The fourth-order valence-electron chi connectivity index (χ4n) is 1.86. The molecule has 1 aromatic carbocycles. The van der Waals surface area contributed by atoms with Gasteiger partial charge in [-0.15, -0.1) is 0 Å². The van der Waals surface area contributed by atoms with Crippen molar-refractivity contribution < 1.29 is 4.79 Å². The molecule has 2 rings (SSSR count). The summed E-state index contributed by atoms with van der Waals surface area (Å²) in [6, 6.07) is 8.17. The van der Waals surface area contributed by atoms with Gasteiger partial charge >= 0.3 is 0 Å². The predicted octanol–water partition coefficient (Wildman–Crippen LogP) is 2.46. The van der Waals surface area contributed by atoms with Gasteiger partial charge < -0.3 is 4.90 Å². The van der Waals surface area contributed by atoms with E-state index in [2.05, 4.69) is 22.6 Å². The minimum Gasteiger partial charge on any atom is -0.342 e. The number of nitrogens with zero attached hydrogens (tertiary/aromatic N) is 1. The van der Waals surface area contributed by atoms with Crippen LogP contribution in [0.4, 0.5) is 0 Å². The number of likely N-dealkylation sites (tertiary alicyclic amines) is 1. The summed E-state index contributed by atoms with van der Waals surface area (Å²) in [5, 5.41) is 0. The standard InChI is InChI=1S/C12H14INO/c13-11-5-3-10(4-6-11)9-12(15)14-7-1-2-8-14/h3-6H,1-2,7-9H2. The fourth-order valence-corrected chi connectivity index (χ4v) is 2.21. The molecule has 1 aliphatic rings. The number of rotatable bonds is 2. The molecule has 0 bridgehead atoms. The van der Waals surface area contributed by atoms with E-state index < -0.39 is 0 Å². The Balaban J connectivity index is 1.96. The molecule has 1 heterocycles. The second-order valence-electron chi connectivity index (χ2n) is 3.89. The molecule has 0 N–H and O–H groups in total. The van der Waals surface area contributed by atoms with Gasteiger partial charge in [0.25, 0.3) is 0 Å². The maximum Gasteiger partial charge on any atom is 0.226 e. The quantitative estimate of drug-likeness (QED) is 0.768. The van der Waals surface area contributed by atoms with Gasteiger partial charge in [-0.05, 0) is 53.1 Å². The number of carbonyl (C=O) groups excluding carboxylic acids is 1. The van der Waals surface area contributed by atoms with Crippen LogP contribution >= 0.6 is 22.6 Å². The van der Waals surface area contributed by atoms with Gasteiger partial charge in [-0.3, -0.25) is 4.79 Å². The summed E-state index contributed by atoms with van der Waals surface area (Å²) < 4.78 is 1.21. The maximum atomic E-state index is 11.8. The second-order valence-corrected chi connectivity index (χ2v) is 5.14. The van der Waals surface area contributed by atoms with E-state index in [-0.39, 0.29) is 5.91 Å². The van der Waals surface area contributed by atoms with Crippen molar-refractivity contribution in [2.45, 2.75) is 19.3 Å². The first-order chi connectivity index (χ1) is 7.25. The molecule has 3 heteroatoms. The first-order valence-corrected chi connectivity index (χ1v) is 6.36. The van der Waals surface area contributed by atoms with Crippen LogP contribution in [0.3, 0.4) is 0 Å². The summed E-state index contributed by atoms with van der Waals surface area (Å²) in [6.07, 6.45) is 2.88. The number of hydrogen-bond acceptors (Lipinski definition) is 1. The van der Waals surface area contributed by atoms with Crippen LogP contribution in [0.15, 0.2) is 24.3 Å². The van der Waals surface area contributed by atoms with Gasteiger partial charge in [0.1, 0.15) is 0 Å². The Morgan fingerprint density at radius 3 is 2.40 bits per heavy atom. The summed E-state index contributed by atoms with van der Waals surface area (Å²) in [6.45, 7) is 1.90. The smallest absolute Gasteiger partial charge is 0.226 e.